The van der Waals surface area contributed by atoms with Crippen LogP contribution in [0.1, 0.15) is 9.49 Å². The number of sulfonamides is 1. The van der Waals surface area contributed by atoms with Gasteiger partial charge < -0.3 is 0 Å². The summed E-state index contributed by atoms with van der Waals surface area (Å²) in [6.07, 6.45) is 0. The van der Waals surface area contributed by atoms with Crippen LogP contribution in [0, 0.1) is 5.82 Å². The van der Waals surface area contributed by atoms with Crippen LogP contribution >= 0.6 is 42.8 Å². The number of hydrogen-bond acceptors (Lipinski definition) is 4. The molecule has 0 spiro atoms. The van der Waals surface area contributed by atoms with Gasteiger partial charge in [-0.05, 0) is 0 Å². The van der Waals surface area contributed by atoms with Crippen LogP contribution in [0.2, 0.25) is 5.02 Å². The van der Waals surface area contributed by atoms with Crippen molar-refractivity contribution in [3.05, 3.63) is 77.1 Å². The van der Waals surface area contributed by atoms with E-state index in [1.807, 2.05) is 35.3 Å². The van der Waals surface area contributed by atoms with E-state index in [0.29, 0.717) is 10.4 Å². The Morgan fingerprint density at radius 1 is 1.20 bits per heavy atom. The third-order valence-corrected chi connectivity index (χ3v) is 15.5. The van der Waals surface area contributed by atoms with Crippen molar-refractivity contribution in [2.75, 3.05) is 4.93 Å². The fourth-order valence-corrected chi connectivity index (χ4v) is 14.7. The summed E-state index contributed by atoms with van der Waals surface area (Å²) in [6, 6.07) is 16.3. The van der Waals surface area contributed by atoms with Crippen molar-refractivity contribution in [1.82, 2.24) is 4.72 Å². The molecule has 2 heterocycles. The number of alkyl halides is 3. The summed E-state index contributed by atoms with van der Waals surface area (Å²) in [7, 11) is -4.07. The molecule has 30 heavy (non-hydrogen) atoms. The standard InChI is InChI=1S/C20H16ClFINO4S2/c1-23-18(12-5-3-2-4-6-12)20(23,19(25)26)24-30(27,28)17-10-9-16(29-17)13-7-8-14(21)15(22)11-13/h2-11,18,24H,1H3,(H,25,26)/t18-,20+/m1/s1. The normalized spacial score (nSPS) is 22.1. The molecule has 5 nitrogen and oxygen atoms in total. The molecule has 0 radical (unpaired) electrons. The second-order valence-corrected chi connectivity index (χ2v) is 16.0. The molecule has 1 aliphatic rings. The van der Waals surface area contributed by atoms with Gasteiger partial charge in [0.1, 0.15) is 0 Å². The van der Waals surface area contributed by atoms with Gasteiger partial charge in [-0.1, -0.05) is 0 Å². The number of rotatable bonds is 6. The van der Waals surface area contributed by atoms with E-state index in [2.05, 4.69) is 4.72 Å². The molecule has 0 bridgehead atoms. The second kappa shape index (κ2) is 7.86. The Kier molecular flexibility index (Phi) is 5.69. The molecule has 0 saturated carbocycles. The van der Waals surface area contributed by atoms with Gasteiger partial charge in [0.25, 0.3) is 0 Å². The molecular formula is C20H16ClFINO4S2. The first-order valence-corrected chi connectivity index (χ1v) is 15.8. The average molecular weight is 580 g/mol. The van der Waals surface area contributed by atoms with Crippen LogP contribution in [0.5, 0.6) is 0 Å². The Hall–Kier alpha value is -1.53. The zero-order valence-electron chi connectivity index (χ0n) is 15.5. The summed E-state index contributed by atoms with van der Waals surface area (Å²) in [5, 5.41) is 9.90. The van der Waals surface area contributed by atoms with E-state index >= 15 is 0 Å². The fourth-order valence-electron chi connectivity index (χ4n) is 3.29. The molecule has 0 unspecified atom stereocenters. The topological polar surface area (TPSA) is 83.5 Å². The molecule has 2 N–H and O–H groups in total. The number of halogens is 3. The molecule has 3 aromatic rings. The van der Waals surface area contributed by atoms with Crippen LogP contribution in [0.15, 0.2) is 64.9 Å². The van der Waals surface area contributed by atoms with Crippen LogP contribution in [0.3, 0.4) is 0 Å². The summed E-state index contributed by atoms with van der Waals surface area (Å²) in [6.45, 7) is 0. The molecule has 2 atom stereocenters. The van der Waals surface area contributed by atoms with Gasteiger partial charge in [0.05, 0.1) is 0 Å². The Morgan fingerprint density at radius 3 is 2.53 bits per heavy atom. The number of carboxylic acid groups (broad SMARTS) is 1. The van der Waals surface area contributed by atoms with E-state index < -0.39 is 45.2 Å². The van der Waals surface area contributed by atoms with Gasteiger partial charge >= 0.3 is 190 Å². The Balaban J connectivity index is 1.65. The van der Waals surface area contributed by atoms with Crippen molar-refractivity contribution in [3.63, 3.8) is 0 Å². The van der Waals surface area contributed by atoms with Gasteiger partial charge in [-0.25, -0.2) is 0 Å². The second-order valence-electron chi connectivity index (χ2n) is 6.66. The number of carboxylic acids is 1. The average Bonchev–Trinajstić information content (AvgIpc) is 3.06. The van der Waals surface area contributed by atoms with Crippen LogP contribution in [0.25, 0.3) is 10.4 Å². The van der Waals surface area contributed by atoms with Crippen molar-refractivity contribution in [2.45, 2.75) is 11.7 Å². The van der Waals surface area contributed by atoms with Crippen LogP contribution in [-0.2, 0) is 14.8 Å². The SMILES string of the molecule is CI1[C@H](c2ccccc2)[C@]1(NS(=O)(=O)c1ccc(-c2ccc(Cl)c(F)c2)s1)C(=O)O. The first kappa shape index (κ1) is 21.7. The number of carbonyl (C=O) groups is 1. The van der Waals surface area contributed by atoms with Gasteiger partial charge in [0.2, 0.25) is 0 Å². The summed E-state index contributed by atoms with van der Waals surface area (Å²) in [5.41, 5.74) is 1.33. The van der Waals surface area contributed by atoms with Crippen molar-refractivity contribution in [1.29, 1.82) is 0 Å². The Morgan fingerprint density at radius 2 is 1.90 bits per heavy atom. The maximum atomic E-state index is 13.8. The van der Waals surface area contributed by atoms with Crippen molar-refractivity contribution in [2.24, 2.45) is 0 Å². The third-order valence-electron chi connectivity index (χ3n) is 4.83. The molecule has 4 rings (SSSR count). The molecule has 1 fully saturated rings. The molecule has 10 heteroatoms. The zero-order valence-corrected chi connectivity index (χ0v) is 20.0. The van der Waals surface area contributed by atoms with E-state index in [1.165, 1.54) is 18.2 Å². The molecule has 0 aliphatic carbocycles. The quantitative estimate of drug-likeness (QED) is 0.240. The summed E-state index contributed by atoms with van der Waals surface area (Å²) in [4.78, 5) is 14.6. The minimum absolute atomic E-state index is 0.0172. The monoisotopic (exact) mass is 579 g/mol. The van der Waals surface area contributed by atoms with Gasteiger partial charge in [0.15, 0.2) is 0 Å². The number of benzene rings is 2. The molecular weight excluding hydrogens is 564 g/mol. The van der Waals surface area contributed by atoms with Gasteiger partial charge in [-0.3, -0.25) is 0 Å². The predicted molar refractivity (Wildman–Crippen MR) is 125 cm³/mol. The van der Waals surface area contributed by atoms with E-state index in [4.69, 9.17) is 11.6 Å². The van der Waals surface area contributed by atoms with Crippen LogP contribution < -0.4 is 4.72 Å². The van der Waals surface area contributed by atoms with Crippen molar-refractivity contribution in [3.8, 4) is 10.4 Å². The molecule has 1 aliphatic heterocycles. The Labute approximate surface area is 189 Å². The molecule has 0 amide bonds. The van der Waals surface area contributed by atoms with Gasteiger partial charge in [-0.2, -0.15) is 0 Å². The fraction of sp³-hybridized carbons (Fsp3) is 0.150. The van der Waals surface area contributed by atoms with Crippen LogP contribution in [0.4, 0.5) is 4.39 Å². The molecule has 158 valence electrons. The van der Waals surface area contributed by atoms with Crippen molar-refractivity contribution >= 4 is 58.7 Å². The zero-order chi connectivity index (χ0) is 21.7. The number of nitrogens with one attached hydrogen (secondary N) is 1. The molecule has 1 saturated heterocycles. The summed E-state index contributed by atoms with van der Waals surface area (Å²) in [5.74, 6) is -1.75. The predicted octanol–water partition coefficient (Wildman–Crippen LogP) is 5.16. The third kappa shape index (κ3) is 3.66. The van der Waals surface area contributed by atoms with E-state index in [-0.39, 0.29) is 13.2 Å². The maximum absolute atomic E-state index is 13.8. The number of aliphatic carboxylic acids is 1. The van der Waals surface area contributed by atoms with E-state index in [0.717, 1.165) is 16.9 Å². The Bertz CT molecular complexity index is 1230. The summed E-state index contributed by atoms with van der Waals surface area (Å²) < 4.78 is 40.6. The van der Waals surface area contributed by atoms with Crippen LogP contribution in [-0.4, -0.2) is 28.0 Å². The number of thiophene rings is 1. The van der Waals surface area contributed by atoms with E-state index in [9.17, 15) is 22.7 Å². The first-order valence-electron chi connectivity index (χ1n) is 8.63. The van der Waals surface area contributed by atoms with Crippen molar-refractivity contribution < 1.29 is 22.7 Å². The summed E-state index contributed by atoms with van der Waals surface area (Å²) >= 11 is 4.48. The van der Waals surface area contributed by atoms with Gasteiger partial charge in [-0.15, -0.1) is 0 Å². The minimum atomic E-state index is -4.07. The van der Waals surface area contributed by atoms with E-state index in [1.54, 1.807) is 12.1 Å². The van der Waals surface area contributed by atoms with Gasteiger partial charge in [0, 0.05) is 0 Å². The molecule has 1 aromatic heterocycles. The number of hydrogen-bond donors (Lipinski definition) is 2. The molecule has 2 aromatic carbocycles. The first-order chi connectivity index (χ1) is 14.2.